The Morgan fingerprint density at radius 2 is 1.88 bits per heavy atom. The zero-order valence-corrected chi connectivity index (χ0v) is 14.4. The summed E-state index contributed by atoms with van der Waals surface area (Å²) < 4.78 is 5.23. The summed E-state index contributed by atoms with van der Waals surface area (Å²) in [7, 11) is 1.67. The standard InChI is InChI=1S/C21H23NO2/c1-14(2)20(23)12-9-16-13-22-21-18(5-4-6-19(16)21)15-7-10-17(24-3)11-8-15/h4-8,10-11,13-14,22H,9,12H2,1-3H3. The van der Waals surface area contributed by atoms with E-state index >= 15 is 0 Å². The van der Waals surface area contributed by atoms with Gasteiger partial charge in [-0.1, -0.05) is 44.2 Å². The van der Waals surface area contributed by atoms with Crippen molar-refractivity contribution in [1.82, 2.24) is 4.98 Å². The molecule has 1 aromatic heterocycles. The van der Waals surface area contributed by atoms with Crippen LogP contribution in [0.25, 0.3) is 22.0 Å². The number of hydrogen-bond acceptors (Lipinski definition) is 2. The van der Waals surface area contributed by atoms with E-state index < -0.39 is 0 Å². The third-order valence-electron chi connectivity index (χ3n) is 4.49. The number of hydrogen-bond donors (Lipinski definition) is 1. The van der Waals surface area contributed by atoms with E-state index in [1.807, 2.05) is 32.2 Å². The number of rotatable bonds is 6. The number of carbonyl (C=O) groups is 1. The first-order chi connectivity index (χ1) is 11.6. The molecule has 2 aromatic carbocycles. The molecule has 3 nitrogen and oxygen atoms in total. The van der Waals surface area contributed by atoms with Gasteiger partial charge in [0.25, 0.3) is 0 Å². The fraction of sp³-hybridized carbons (Fsp3) is 0.286. The molecule has 3 rings (SSSR count). The maximum Gasteiger partial charge on any atom is 0.135 e. The van der Waals surface area contributed by atoms with Crippen LogP contribution in [0.4, 0.5) is 0 Å². The van der Waals surface area contributed by atoms with Crippen molar-refractivity contribution in [1.29, 1.82) is 0 Å². The molecule has 0 saturated heterocycles. The number of aryl methyl sites for hydroxylation is 1. The molecular weight excluding hydrogens is 298 g/mol. The quantitative estimate of drug-likeness (QED) is 0.694. The zero-order chi connectivity index (χ0) is 17.1. The minimum absolute atomic E-state index is 0.102. The molecule has 24 heavy (non-hydrogen) atoms. The molecule has 0 amide bonds. The molecule has 0 aliphatic rings. The molecule has 0 radical (unpaired) electrons. The highest BCUT2D eigenvalue weighted by atomic mass is 16.5. The number of fused-ring (bicyclic) bond motifs is 1. The van der Waals surface area contributed by atoms with Crippen LogP contribution in [0.5, 0.6) is 5.75 Å². The van der Waals surface area contributed by atoms with Gasteiger partial charge in [-0.3, -0.25) is 4.79 Å². The molecule has 124 valence electrons. The van der Waals surface area contributed by atoms with Gasteiger partial charge < -0.3 is 9.72 Å². The third-order valence-corrected chi connectivity index (χ3v) is 4.49. The first-order valence-corrected chi connectivity index (χ1v) is 8.36. The minimum atomic E-state index is 0.102. The lowest BCUT2D eigenvalue weighted by Crippen LogP contribution is -2.07. The van der Waals surface area contributed by atoms with E-state index in [4.69, 9.17) is 4.74 Å². The van der Waals surface area contributed by atoms with E-state index in [0.717, 1.165) is 28.8 Å². The van der Waals surface area contributed by atoms with Crippen LogP contribution in [0.2, 0.25) is 0 Å². The molecule has 1 N–H and O–H groups in total. The predicted octanol–water partition coefficient (Wildman–Crippen LogP) is 5.00. The number of methoxy groups -OCH3 is 1. The number of Topliss-reactive ketones (excluding diaryl/α,β-unsaturated/α-hetero) is 1. The largest absolute Gasteiger partial charge is 0.497 e. The average molecular weight is 321 g/mol. The van der Waals surface area contributed by atoms with Crippen molar-refractivity contribution in [3.8, 4) is 16.9 Å². The summed E-state index contributed by atoms with van der Waals surface area (Å²) >= 11 is 0. The number of benzene rings is 2. The number of carbonyl (C=O) groups excluding carboxylic acids is 1. The van der Waals surface area contributed by atoms with Gasteiger partial charge in [-0.15, -0.1) is 0 Å². The van der Waals surface area contributed by atoms with Crippen molar-refractivity contribution in [3.63, 3.8) is 0 Å². The Morgan fingerprint density at radius 1 is 1.12 bits per heavy atom. The second-order valence-corrected chi connectivity index (χ2v) is 6.39. The Kier molecular flexibility index (Phi) is 4.70. The molecule has 3 heteroatoms. The Morgan fingerprint density at radius 3 is 2.54 bits per heavy atom. The third kappa shape index (κ3) is 3.21. The van der Waals surface area contributed by atoms with Crippen molar-refractivity contribution < 1.29 is 9.53 Å². The fourth-order valence-electron chi connectivity index (χ4n) is 2.98. The number of H-pyrrole nitrogens is 1. The predicted molar refractivity (Wildman–Crippen MR) is 98.5 cm³/mol. The summed E-state index contributed by atoms with van der Waals surface area (Å²) in [5.41, 5.74) is 4.63. The Hall–Kier alpha value is -2.55. The lowest BCUT2D eigenvalue weighted by atomic mass is 9.98. The van der Waals surface area contributed by atoms with Crippen molar-refractivity contribution in [3.05, 3.63) is 54.2 Å². The first-order valence-electron chi connectivity index (χ1n) is 8.36. The summed E-state index contributed by atoms with van der Waals surface area (Å²) in [6.07, 6.45) is 3.41. The van der Waals surface area contributed by atoms with E-state index in [0.29, 0.717) is 12.2 Å². The number of ketones is 1. The van der Waals surface area contributed by atoms with Crippen LogP contribution in [0.15, 0.2) is 48.7 Å². The van der Waals surface area contributed by atoms with Crippen LogP contribution in [-0.4, -0.2) is 17.9 Å². The molecule has 0 unspecified atom stereocenters. The maximum absolute atomic E-state index is 11.9. The van der Waals surface area contributed by atoms with E-state index in [9.17, 15) is 4.79 Å². The summed E-state index contributed by atoms with van der Waals surface area (Å²) in [5.74, 6) is 1.27. The smallest absolute Gasteiger partial charge is 0.135 e. The van der Waals surface area contributed by atoms with Gasteiger partial charge in [-0.25, -0.2) is 0 Å². The van der Waals surface area contributed by atoms with Crippen LogP contribution in [0.3, 0.4) is 0 Å². The molecule has 0 bridgehead atoms. The lowest BCUT2D eigenvalue weighted by Gasteiger charge is -2.06. The molecular formula is C21H23NO2. The monoisotopic (exact) mass is 321 g/mol. The van der Waals surface area contributed by atoms with E-state index in [1.54, 1.807) is 7.11 Å². The summed E-state index contributed by atoms with van der Waals surface area (Å²) in [5, 5.41) is 1.19. The van der Waals surface area contributed by atoms with Crippen molar-refractivity contribution in [2.24, 2.45) is 5.92 Å². The van der Waals surface area contributed by atoms with Crippen molar-refractivity contribution >= 4 is 16.7 Å². The lowest BCUT2D eigenvalue weighted by molar-refractivity contribution is -0.121. The van der Waals surface area contributed by atoms with Gasteiger partial charge in [0.1, 0.15) is 11.5 Å². The topological polar surface area (TPSA) is 42.1 Å². The Bertz CT molecular complexity index is 844. The minimum Gasteiger partial charge on any atom is -0.497 e. The maximum atomic E-state index is 11.9. The highest BCUT2D eigenvalue weighted by molar-refractivity contribution is 5.96. The highest BCUT2D eigenvalue weighted by Gasteiger charge is 2.12. The Labute approximate surface area is 142 Å². The van der Waals surface area contributed by atoms with Gasteiger partial charge in [-0.05, 0) is 29.7 Å². The van der Waals surface area contributed by atoms with Gasteiger partial charge >= 0.3 is 0 Å². The summed E-state index contributed by atoms with van der Waals surface area (Å²) in [4.78, 5) is 15.3. The van der Waals surface area contributed by atoms with E-state index in [-0.39, 0.29) is 5.92 Å². The zero-order valence-electron chi connectivity index (χ0n) is 14.4. The van der Waals surface area contributed by atoms with Crippen LogP contribution < -0.4 is 4.74 Å². The fourth-order valence-corrected chi connectivity index (χ4v) is 2.98. The van der Waals surface area contributed by atoms with Crippen molar-refractivity contribution in [2.75, 3.05) is 7.11 Å². The van der Waals surface area contributed by atoms with Gasteiger partial charge in [0, 0.05) is 29.5 Å². The van der Waals surface area contributed by atoms with Gasteiger partial charge in [-0.2, -0.15) is 0 Å². The molecule has 0 saturated carbocycles. The van der Waals surface area contributed by atoms with E-state index in [2.05, 4.69) is 35.3 Å². The second kappa shape index (κ2) is 6.91. The molecule has 0 spiro atoms. The number of ether oxygens (including phenoxy) is 1. The molecule has 0 fully saturated rings. The van der Waals surface area contributed by atoms with Gasteiger partial charge in [0.15, 0.2) is 0 Å². The number of aromatic nitrogens is 1. The van der Waals surface area contributed by atoms with Crippen LogP contribution in [0, 0.1) is 5.92 Å². The summed E-state index contributed by atoms with van der Waals surface area (Å²) in [6, 6.07) is 14.4. The number of para-hydroxylation sites is 1. The van der Waals surface area contributed by atoms with Crippen molar-refractivity contribution in [2.45, 2.75) is 26.7 Å². The second-order valence-electron chi connectivity index (χ2n) is 6.39. The first kappa shape index (κ1) is 16.3. The van der Waals surface area contributed by atoms with Gasteiger partial charge in [0.2, 0.25) is 0 Å². The SMILES string of the molecule is COc1ccc(-c2cccc3c(CCC(=O)C(C)C)c[nH]c23)cc1. The highest BCUT2D eigenvalue weighted by Crippen LogP contribution is 2.31. The molecule has 0 aliphatic carbocycles. The number of nitrogens with one attached hydrogen (secondary N) is 1. The van der Waals surface area contributed by atoms with Crippen LogP contribution in [0.1, 0.15) is 25.8 Å². The number of aromatic amines is 1. The molecule has 1 heterocycles. The molecule has 0 atom stereocenters. The van der Waals surface area contributed by atoms with Crippen LogP contribution in [-0.2, 0) is 11.2 Å². The Balaban J connectivity index is 1.92. The normalized spacial score (nSPS) is 11.2. The van der Waals surface area contributed by atoms with E-state index in [1.165, 1.54) is 10.9 Å². The molecule has 3 aromatic rings. The molecule has 0 aliphatic heterocycles. The summed E-state index contributed by atoms with van der Waals surface area (Å²) in [6.45, 7) is 3.92. The average Bonchev–Trinajstić information content (AvgIpc) is 3.02. The van der Waals surface area contributed by atoms with Gasteiger partial charge in [0.05, 0.1) is 12.6 Å². The van der Waals surface area contributed by atoms with Crippen LogP contribution >= 0.6 is 0 Å².